The first-order valence-corrected chi connectivity index (χ1v) is 13.2. The third-order valence-corrected chi connectivity index (χ3v) is 9.75. The summed E-state index contributed by atoms with van der Waals surface area (Å²) in [4.78, 5) is 13.6. The highest BCUT2D eigenvalue weighted by Crippen LogP contribution is 2.28. The lowest BCUT2D eigenvalue weighted by Crippen LogP contribution is -2.50. The molecule has 0 spiro atoms. The molecule has 1 amide bonds. The van der Waals surface area contributed by atoms with Crippen molar-refractivity contribution in [1.29, 1.82) is 0 Å². The molecular weight excluding hydrogens is 457 g/mol. The van der Waals surface area contributed by atoms with E-state index in [9.17, 15) is 26.0 Å². The van der Waals surface area contributed by atoms with Gasteiger partial charge >= 0.3 is 0 Å². The minimum Gasteiger partial charge on any atom is -0.312 e. The number of benzene rings is 2. The van der Waals surface area contributed by atoms with Crippen LogP contribution in [-0.2, 0) is 24.8 Å². The summed E-state index contributed by atoms with van der Waals surface area (Å²) in [5.74, 6) is -0.627. The second-order valence-electron chi connectivity index (χ2n) is 7.86. The molecule has 11 heteroatoms. The molecule has 172 valence electrons. The minimum absolute atomic E-state index is 0.0112. The minimum atomic E-state index is -3.91. The molecule has 4 rings (SSSR count). The quantitative estimate of drug-likeness (QED) is 0.651. The van der Waals surface area contributed by atoms with E-state index >= 15 is 0 Å². The molecule has 2 fully saturated rings. The summed E-state index contributed by atoms with van der Waals surface area (Å²) in [5, 5.41) is 0. The van der Waals surface area contributed by atoms with Crippen molar-refractivity contribution < 1.29 is 26.0 Å². The highest BCUT2D eigenvalue weighted by Gasteiger charge is 2.34. The normalized spacial score (nSPS) is 18.9. The molecule has 2 aliphatic heterocycles. The molecule has 0 saturated carbocycles. The first-order valence-electron chi connectivity index (χ1n) is 10.3. The Labute approximate surface area is 187 Å². The summed E-state index contributed by atoms with van der Waals surface area (Å²) in [5.41, 5.74) is 1.20. The van der Waals surface area contributed by atoms with Gasteiger partial charge in [-0.1, -0.05) is 6.07 Å². The van der Waals surface area contributed by atoms with Gasteiger partial charge in [0.2, 0.25) is 26.0 Å². The van der Waals surface area contributed by atoms with E-state index in [1.54, 1.807) is 24.0 Å². The fourth-order valence-corrected chi connectivity index (χ4v) is 7.16. The highest BCUT2D eigenvalue weighted by atomic mass is 32.2. The number of rotatable bonds is 5. The summed E-state index contributed by atoms with van der Waals surface area (Å²) in [6, 6.07) is 9.59. The summed E-state index contributed by atoms with van der Waals surface area (Å²) in [7, 11) is -7.75. The number of carbonyl (C=O) groups excluding carboxylic acids is 1. The molecule has 2 saturated heterocycles. The number of anilines is 1. The Bertz CT molecular complexity index is 1260. The number of halogens is 1. The van der Waals surface area contributed by atoms with Crippen LogP contribution in [0.4, 0.5) is 10.1 Å². The predicted molar refractivity (Wildman–Crippen MR) is 117 cm³/mol. The molecular formula is C21H24FN3O5S2. The molecule has 2 aliphatic rings. The summed E-state index contributed by atoms with van der Waals surface area (Å²) >= 11 is 0. The number of carbonyl (C=O) groups is 1. The third-order valence-electron chi connectivity index (χ3n) is 5.79. The van der Waals surface area contributed by atoms with Gasteiger partial charge in [0.05, 0.1) is 9.79 Å². The van der Waals surface area contributed by atoms with Crippen molar-refractivity contribution in [3.63, 3.8) is 0 Å². The predicted octanol–water partition coefficient (Wildman–Crippen LogP) is 1.96. The number of sulfonamides is 2. The van der Waals surface area contributed by atoms with Gasteiger partial charge in [0.25, 0.3) is 0 Å². The van der Waals surface area contributed by atoms with Crippen LogP contribution in [0.15, 0.2) is 52.3 Å². The molecule has 0 bridgehead atoms. The SMILES string of the molecule is Cc1cc(N2CCCC2=O)ccc1S(=O)(=O)N1CCN(S(=O)(=O)c2cccc(F)c2)CC1. The van der Waals surface area contributed by atoms with E-state index in [0.29, 0.717) is 24.2 Å². The van der Waals surface area contributed by atoms with E-state index in [1.165, 1.54) is 26.8 Å². The van der Waals surface area contributed by atoms with Gasteiger partial charge < -0.3 is 4.90 Å². The standard InChI is InChI=1S/C21H24FN3O5S2/c1-16-14-18(25-9-3-6-21(25)26)7-8-20(16)32(29,30)24-12-10-23(11-13-24)31(27,28)19-5-2-4-17(22)15-19/h2,4-5,7-8,14-15H,3,6,9-13H2,1H3. The molecule has 0 radical (unpaired) electrons. The molecule has 2 aromatic carbocycles. The van der Waals surface area contributed by atoms with E-state index in [4.69, 9.17) is 0 Å². The first-order chi connectivity index (χ1) is 15.1. The van der Waals surface area contributed by atoms with Crippen molar-refractivity contribution in [2.24, 2.45) is 0 Å². The van der Waals surface area contributed by atoms with Crippen molar-refractivity contribution >= 4 is 31.6 Å². The molecule has 0 unspecified atom stereocenters. The fraction of sp³-hybridized carbons (Fsp3) is 0.381. The number of piperazine rings is 1. The van der Waals surface area contributed by atoms with Crippen LogP contribution in [0.1, 0.15) is 18.4 Å². The Balaban J connectivity index is 1.50. The molecule has 2 aromatic rings. The van der Waals surface area contributed by atoms with Gasteiger partial charge in [-0.15, -0.1) is 0 Å². The highest BCUT2D eigenvalue weighted by molar-refractivity contribution is 7.89. The molecule has 32 heavy (non-hydrogen) atoms. The van der Waals surface area contributed by atoms with Crippen LogP contribution in [0.5, 0.6) is 0 Å². The lowest BCUT2D eigenvalue weighted by molar-refractivity contribution is -0.117. The summed E-state index contributed by atoms with van der Waals surface area (Å²) in [6.07, 6.45) is 1.27. The Morgan fingerprint density at radius 3 is 2.06 bits per heavy atom. The van der Waals surface area contributed by atoms with Gasteiger partial charge in [-0.05, 0) is 55.3 Å². The van der Waals surface area contributed by atoms with Crippen LogP contribution in [-0.4, -0.2) is 64.1 Å². The Morgan fingerprint density at radius 2 is 1.50 bits per heavy atom. The van der Waals surface area contributed by atoms with Crippen molar-refractivity contribution in [3.8, 4) is 0 Å². The number of hydrogen-bond acceptors (Lipinski definition) is 5. The summed E-state index contributed by atoms with van der Waals surface area (Å²) in [6.45, 7) is 2.22. The number of aryl methyl sites for hydroxylation is 1. The van der Waals surface area contributed by atoms with Crippen molar-refractivity contribution in [1.82, 2.24) is 8.61 Å². The van der Waals surface area contributed by atoms with Gasteiger partial charge in [-0.3, -0.25) is 4.79 Å². The van der Waals surface area contributed by atoms with Crippen LogP contribution >= 0.6 is 0 Å². The number of amides is 1. The zero-order chi connectivity index (χ0) is 23.1. The zero-order valence-electron chi connectivity index (χ0n) is 17.6. The Morgan fingerprint density at radius 1 is 0.844 bits per heavy atom. The summed E-state index contributed by atoms with van der Waals surface area (Å²) < 4.78 is 67.8. The van der Waals surface area contributed by atoms with Crippen molar-refractivity contribution in [2.45, 2.75) is 29.6 Å². The van der Waals surface area contributed by atoms with Crippen molar-refractivity contribution in [2.75, 3.05) is 37.6 Å². The largest absolute Gasteiger partial charge is 0.312 e. The average molecular weight is 482 g/mol. The van der Waals surface area contributed by atoms with Crippen LogP contribution in [0, 0.1) is 12.7 Å². The zero-order valence-corrected chi connectivity index (χ0v) is 19.2. The van der Waals surface area contributed by atoms with E-state index in [0.717, 1.165) is 18.6 Å². The average Bonchev–Trinajstić information content (AvgIpc) is 3.19. The first kappa shape index (κ1) is 22.8. The maximum absolute atomic E-state index is 13.5. The van der Waals surface area contributed by atoms with Crippen LogP contribution < -0.4 is 4.90 Å². The van der Waals surface area contributed by atoms with E-state index in [-0.39, 0.29) is 41.9 Å². The van der Waals surface area contributed by atoms with E-state index in [1.807, 2.05) is 0 Å². The second kappa shape index (κ2) is 8.54. The molecule has 2 heterocycles. The maximum atomic E-state index is 13.5. The number of hydrogen-bond donors (Lipinski definition) is 0. The van der Waals surface area contributed by atoms with Gasteiger partial charge in [-0.2, -0.15) is 8.61 Å². The monoisotopic (exact) mass is 481 g/mol. The number of nitrogens with zero attached hydrogens (tertiary/aromatic N) is 3. The van der Waals surface area contributed by atoms with Gasteiger partial charge in [0, 0.05) is 44.8 Å². The third kappa shape index (κ3) is 4.17. The Kier molecular flexibility index (Phi) is 6.10. The van der Waals surface area contributed by atoms with Gasteiger partial charge in [0.1, 0.15) is 5.82 Å². The smallest absolute Gasteiger partial charge is 0.243 e. The molecule has 0 aliphatic carbocycles. The van der Waals surface area contributed by atoms with Gasteiger partial charge in [-0.25, -0.2) is 21.2 Å². The van der Waals surface area contributed by atoms with Crippen LogP contribution in [0.25, 0.3) is 0 Å². The van der Waals surface area contributed by atoms with E-state index in [2.05, 4.69) is 0 Å². The van der Waals surface area contributed by atoms with Crippen LogP contribution in [0.3, 0.4) is 0 Å². The Hall–Kier alpha value is -2.34. The van der Waals surface area contributed by atoms with Crippen LogP contribution in [0.2, 0.25) is 0 Å². The fourth-order valence-electron chi connectivity index (χ4n) is 4.08. The maximum Gasteiger partial charge on any atom is 0.243 e. The topological polar surface area (TPSA) is 95.1 Å². The molecule has 0 aromatic heterocycles. The molecule has 0 N–H and O–H groups in total. The van der Waals surface area contributed by atoms with Gasteiger partial charge in [0.15, 0.2) is 0 Å². The lowest BCUT2D eigenvalue weighted by atomic mass is 10.2. The second-order valence-corrected chi connectivity index (χ2v) is 11.7. The molecule has 0 atom stereocenters. The van der Waals surface area contributed by atoms with Crippen molar-refractivity contribution in [3.05, 3.63) is 53.8 Å². The van der Waals surface area contributed by atoms with E-state index < -0.39 is 25.9 Å². The molecule has 8 nitrogen and oxygen atoms in total. The lowest BCUT2D eigenvalue weighted by Gasteiger charge is -2.33.